The van der Waals surface area contributed by atoms with E-state index in [1.165, 1.54) is 24.3 Å². The number of nitrogens with one attached hydrogen (secondary N) is 3. The quantitative estimate of drug-likeness (QED) is 0.627. The van der Waals surface area contributed by atoms with Crippen LogP contribution in [0.1, 0.15) is 40.0 Å². The number of rotatable bonds is 7. The second-order valence-electron chi connectivity index (χ2n) is 7.14. The number of ether oxygens (including phenoxy) is 1. The zero-order chi connectivity index (χ0) is 21.0. The highest BCUT2D eigenvalue weighted by atomic mass is 32.2. The number of H-pyrrole nitrogens is 1. The van der Waals surface area contributed by atoms with Crippen molar-refractivity contribution in [3.05, 3.63) is 63.1 Å². The molecule has 0 radical (unpaired) electrons. The Morgan fingerprint density at radius 3 is 2.59 bits per heavy atom. The van der Waals surface area contributed by atoms with Crippen LogP contribution in [-0.2, 0) is 21.3 Å². The summed E-state index contributed by atoms with van der Waals surface area (Å²) in [6.45, 7) is 4.58. The molecule has 0 aliphatic carbocycles. The third kappa shape index (κ3) is 5.31. The lowest BCUT2D eigenvalue weighted by Crippen LogP contribution is -2.32. The normalized spacial score (nSPS) is 16.7. The summed E-state index contributed by atoms with van der Waals surface area (Å²) in [6.07, 6.45) is 1.68. The van der Waals surface area contributed by atoms with Crippen LogP contribution in [0.4, 0.5) is 0 Å². The Morgan fingerprint density at radius 2 is 1.97 bits per heavy atom. The van der Waals surface area contributed by atoms with E-state index in [4.69, 9.17) is 4.74 Å². The minimum absolute atomic E-state index is 0.0814. The SMILES string of the molecule is Cc1cc(C)c(CNC(=O)c2ccc(S(=O)(=O)NC[C@@H]3CCCO3)cc2)c(=O)[nH]1. The number of carbonyl (C=O) groups excluding carboxylic acids is 1. The number of pyridine rings is 1. The summed E-state index contributed by atoms with van der Waals surface area (Å²) in [5, 5.41) is 2.70. The molecule has 0 spiro atoms. The lowest BCUT2D eigenvalue weighted by Gasteiger charge is -2.12. The maximum absolute atomic E-state index is 12.4. The van der Waals surface area contributed by atoms with Crippen LogP contribution in [0.2, 0.25) is 0 Å². The molecule has 2 heterocycles. The Hall–Kier alpha value is -2.49. The van der Waals surface area contributed by atoms with Crippen molar-refractivity contribution in [2.75, 3.05) is 13.2 Å². The highest BCUT2D eigenvalue weighted by Gasteiger charge is 2.20. The summed E-state index contributed by atoms with van der Waals surface area (Å²) in [4.78, 5) is 27.2. The molecule has 156 valence electrons. The van der Waals surface area contributed by atoms with Gasteiger partial charge in [0, 0.05) is 36.5 Å². The molecular weight excluding hydrogens is 394 g/mol. The molecule has 0 unspecified atom stereocenters. The molecule has 29 heavy (non-hydrogen) atoms. The highest BCUT2D eigenvalue weighted by molar-refractivity contribution is 7.89. The number of aryl methyl sites for hydroxylation is 2. The molecule has 1 fully saturated rings. The first kappa shape index (κ1) is 21.2. The highest BCUT2D eigenvalue weighted by Crippen LogP contribution is 2.14. The number of carbonyl (C=O) groups is 1. The first-order valence-corrected chi connectivity index (χ1v) is 10.9. The zero-order valence-electron chi connectivity index (χ0n) is 16.4. The van der Waals surface area contributed by atoms with Crippen LogP contribution in [0.25, 0.3) is 0 Å². The molecule has 1 aliphatic heterocycles. The number of hydrogen-bond donors (Lipinski definition) is 3. The van der Waals surface area contributed by atoms with Gasteiger partial charge in [-0.05, 0) is 62.6 Å². The first-order chi connectivity index (χ1) is 13.8. The fraction of sp³-hybridized carbons (Fsp3) is 0.400. The van der Waals surface area contributed by atoms with Crippen molar-refractivity contribution in [2.24, 2.45) is 0 Å². The van der Waals surface area contributed by atoms with Gasteiger partial charge in [-0.1, -0.05) is 0 Å². The van der Waals surface area contributed by atoms with Gasteiger partial charge in [-0.25, -0.2) is 13.1 Å². The van der Waals surface area contributed by atoms with E-state index in [2.05, 4.69) is 15.0 Å². The van der Waals surface area contributed by atoms with Crippen molar-refractivity contribution >= 4 is 15.9 Å². The molecule has 1 amide bonds. The lowest BCUT2D eigenvalue weighted by atomic mass is 10.1. The van der Waals surface area contributed by atoms with Crippen molar-refractivity contribution in [3.8, 4) is 0 Å². The summed E-state index contributed by atoms with van der Waals surface area (Å²) in [5.74, 6) is -0.388. The second kappa shape index (κ2) is 8.89. The van der Waals surface area contributed by atoms with Crippen LogP contribution in [0, 0.1) is 13.8 Å². The Balaban J connectivity index is 1.62. The van der Waals surface area contributed by atoms with E-state index in [0.29, 0.717) is 17.7 Å². The molecule has 1 aromatic heterocycles. The molecule has 3 N–H and O–H groups in total. The molecule has 1 atom stereocenters. The Bertz CT molecular complexity index is 1040. The van der Waals surface area contributed by atoms with Gasteiger partial charge in [0.05, 0.1) is 11.0 Å². The molecule has 2 aromatic rings. The van der Waals surface area contributed by atoms with E-state index >= 15 is 0 Å². The number of benzene rings is 1. The Morgan fingerprint density at radius 1 is 1.24 bits per heavy atom. The lowest BCUT2D eigenvalue weighted by molar-refractivity contribution is 0.0950. The van der Waals surface area contributed by atoms with Crippen LogP contribution in [-0.4, -0.2) is 38.6 Å². The summed E-state index contributed by atoms with van der Waals surface area (Å²) < 4.78 is 32.7. The number of hydrogen-bond acceptors (Lipinski definition) is 5. The van der Waals surface area contributed by atoms with Gasteiger partial charge in [-0.15, -0.1) is 0 Å². The molecule has 1 aliphatic rings. The third-order valence-electron chi connectivity index (χ3n) is 4.87. The molecule has 8 nitrogen and oxygen atoms in total. The summed E-state index contributed by atoms with van der Waals surface area (Å²) >= 11 is 0. The molecular formula is C20H25N3O5S. The van der Waals surface area contributed by atoms with Gasteiger partial charge in [0.15, 0.2) is 0 Å². The number of aromatic nitrogens is 1. The van der Waals surface area contributed by atoms with Crippen molar-refractivity contribution in [1.82, 2.24) is 15.0 Å². The number of amides is 1. The Kier molecular flexibility index (Phi) is 6.51. The minimum atomic E-state index is -3.67. The van der Waals surface area contributed by atoms with Crippen molar-refractivity contribution in [3.63, 3.8) is 0 Å². The predicted octanol–water partition coefficient (Wildman–Crippen LogP) is 1.38. The molecule has 9 heteroatoms. The van der Waals surface area contributed by atoms with E-state index in [9.17, 15) is 18.0 Å². The average molecular weight is 420 g/mol. The van der Waals surface area contributed by atoms with Crippen LogP contribution >= 0.6 is 0 Å². The summed E-state index contributed by atoms with van der Waals surface area (Å²) in [7, 11) is -3.67. The fourth-order valence-electron chi connectivity index (χ4n) is 3.25. The number of aromatic amines is 1. The Labute approximate surface area is 169 Å². The monoisotopic (exact) mass is 419 g/mol. The van der Waals surface area contributed by atoms with Gasteiger partial charge >= 0.3 is 0 Å². The molecule has 0 saturated carbocycles. The van der Waals surface area contributed by atoms with Gasteiger partial charge in [0.25, 0.3) is 11.5 Å². The van der Waals surface area contributed by atoms with Crippen LogP contribution in [0.15, 0.2) is 40.0 Å². The van der Waals surface area contributed by atoms with Crippen molar-refractivity contribution in [1.29, 1.82) is 0 Å². The van der Waals surface area contributed by atoms with E-state index in [1.54, 1.807) is 6.92 Å². The predicted molar refractivity (Wildman–Crippen MR) is 108 cm³/mol. The van der Waals surface area contributed by atoms with E-state index in [1.807, 2.05) is 13.0 Å². The van der Waals surface area contributed by atoms with E-state index < -0.39 is 10.0 Å². The third-order valence-corrected chi connectivity index (χ3v) is 6.31. The van der Waals surface area contributed by atoms with E-state index in [0.717, 1.165) is 24.1 Å². The summed E-state index contributed by atoms with van der Waals surface area (Å²) in [5.41, 5.74) is 2.12. The van der Waals surface area contributed by atoms with Gasteiger partial charge in [0.2, 0.25) is 10.0 Å². The zero-order valence-corrected chi connectivity index (χ0v) is 17.3. The molecule has 0 bridgehead atoms. The topological polar surface area (TPSA) is 117 Å². The summed E-state index contributed by atoms with van der Waals surface area (Å²) in [6, 6.07) is 7.50. The van der Waals surface area contributed by atoms with E-state index in [-0.39, 0.29) is 35.6 Å². The van der Waals surface area contributed by atoms with Gasteiger partial charge in [-0.2, -0.15) is 0 Å². The number of sulfonamides is 1. The first-order valence-electron chi connectivity index (χ1n) is 9.45. The maximum Gasteiger partial charge on any atom is 0.253 e. The fourth-order valence-corrected chi connectivity index (χ4v) is 4.32. The van der Waals surface area contributed by atoms with Gasteiger partial charge < -0.3 is 15.0 Å². The molecule has 1 aromatic carbocycles. The van der Waals surface area contributed by atoms with Crippen molar-refractivity contribution < 1.29 is 17.9 Å². The minimum Gasteiger partial charge on any atom is -0.377 e. The van der Waals surface area contributed by atoms with Gasteiger partial charge in [0.1, 0.15) is 0 Å². The van der Waals surface area contributed by atoms with Crippen LogP contribution in [0.5, 0.6) is 0 Å². The molecule has 3 rings (SSSR count). The second-order valence-corrected chi connectivity index (χ2v) is 8.90. The van der Waals surface area contributed by atoms with Crippen molar-refractivity contribution in [2.45, 2.75) is 44.2 Å². The molecule has 1 saturated heterocycles. The maximum atomic E-state index is 12.4. The average Bonchev–Trinajstić information content (AvgIpc) is 3.19. The van der Waals surface area contributed by atoms with Crippen LogP contribution < -0.4 is 15.6 Å². The largest absolute Gasteiger partial charge is 0.377 e. The van der Waals surface area contributed by atoms with Crippen LogP contribution in [0.3, 0.4) is 0 Å². The van der Waals surface area contributed by atoms with Gasteiger partial charge in [-0.3, -0.25) is 9.59 Å². The smallest absolute Gasteiger partial charge is 0.253 e. The standard InChI is InChI=1S/C20H25N3O5S/c1-13-10-14(2)23-20(25)18(13)12-21-19(24)15-5-7-17(8-6-15)29(26,27)22-11-16-4-3-9-28-16/h5-8,10,16,22H,3-4,9,11-12H2,1-2H3,(H,21,24)(H,23,25)/t16-/m0/s1.